The summed E-state index contributed by atoms with van der Waals surface area (Å²) in [6.45, 7) is 13.5. The number of thiazole rings is 1. The van der Waals surface area contributed by atoms with Crippen LogP contribution in [0.25, 0.3) is 10.4 Å². The van der Waals surface area contributed by atoms with E-state index >= 15 is 0 Å². The molecule has 2 aromatic rings. The van der Waals surface area contributed by atoms with Gasteiger partial charge in [0, 0.05) is 6.20 Å². The lowest BCUT2D eigenvalue weighted by Crippen LogP contribution is -2.16. The number of nitrogens with zero attached hydrogens (tertiary/aromatic N) is 1. The Hall–Kier alpha value is -1.35. The maximum Gasteiger partial charge on any atom is 0.180 e. The van der Waals surface area contributed by atoms with Gasteiger partial charge in [0.25, 0.3) is 0 Å². The summed E-state index contributed by atoms with van der Waals surface area (Å²) in [5, 5.41) is 0.624. The van der Waals surface area contributed by atoms with Gasteiger partial charge in [0.05, 0.1) is 4.88 Å². The molecule has 3 heteroatoms. The second-order valence-corrected chi connectivity index (χ2v) is 8.42. The first-order valence-electron chi connectivity index (χ1n) is 6.95. The summed E-state index contributed by atoms with van der Waals surface area (Å²) in [6.07, 6.45) is 1.87. The zero-order valence-electron chi connectivity index (χ0n) is 13.2. The number of benzene rings is 1. The van der Waals surface area contributed by atoms with Crippen LogP contribution in [0.1, 0.15) is 52.7 Å². The molecule has 0 saturated carbocycles. The second-order valence-electron chi connectivity index (χ2n) is 7.36. The molecule has 2 nitrogen and oxygen atoms in total. The minimum Gasteiger partial charge on any atom is -0.375 e. The van der Waals surface area contributed by atoms with Crippen LogP contribution in [0.3, 0.4) is 0 Å². The van der Waals surface area contributed by atoms with Crippen molar-refractivity contribution in [3.05, 3.63) is 35.5 Å². The third-order valence-corrected chi connectivity index (χ3v) is 4.35. The van der Waals surface area contributed by atoms with Crippen LogP contribution in [0.15, 0.2) is 24.4 Å². The predicted molar refractivity (Wildman–Crippen MR) is 89.4 cm³/mol. The standard InChI is InChI=1S/C17H24N2S/c1-16(2,3)12-7-11(14-10-19-15(18)20-14)8-13(9-12)17(4,5)6/h7-10H,1-6H3,(H2,18,19). The lowest BCUT2D eigenvalue weighted by atomic mass is 9.79. The Bertz CT molecular complexity index is 580. The van der Waals surface area contributed by atoms with Crippen molar-refractivity contribution in [2.75, 3.05) is 5.73 Å². The van der Waals surface area contributed by atoms with E-state index in [2.05, 4.69) is 64.7 Å². The molecule has 0 amide bonds. The molecule has 108 valence electrons. The van der Waals surface area contributed by atoms with E-state index in [1.807, 2.05) is 6.20 Å². The van der Waals surface area contributed by atoms with Gasteiger partial charge < -0.3 is 5.73 Å². The highest BCUT2D eigenvalue weighted by molar-refractivity contribution is 7.18. The molecule has 1 heterocycles. The molecular weight excluding hydrogens is 264 g/mol. The van der Waals surface area contributed by atoms with E-state index < -0.39 is 0 Å². The molecule has 0 spiro atoms. The SMILES string of the molecule is CC(C)(C)c1cc(-c2cnc(N)s2)cc(C(C)(C)C)c1. The Morgan fingerprint density at radius 1 is 0.900 bits per heavy atom. The summed E-state index contributed by atoms with van der Waals surface area (Å²) in [7, 11) is 0. The van der Waals surface area contributed by atoms with Crippen molar-refractivity contribution in [3.63, 3.8) is 0 Å². The van der Waals surface area contributed by atoms with Crippen molar-refractivity contribution < 1.29 is 0 Å². The Balaban J connectivity index is 2.63. The number of nitrogen functional groups attached to an aromatic ring is 1. The summed E-state index contributed by atoms with van der Waals surface area (Å²) >= 11 is 1.55. The third kappa shape index (κ3) is 3.21. The number of rotatable bonds is 1. The highest BCUT2D eigenvalue weighted by atomic mass is 32.1. The summed E-state index contributed by atoms with van der Waals surface area (Å²) < 4.78 is 0. The molecule has 2 N–H and O–H groups in total. The van der Waals surface area contributed by atoms with E-state index in [1.165, 1.54) is 16.7 Å². The van der Waals surface area contributed by atoms with Gasteiger partial charge in [0.2, 0.25) is 0 Å². The monoisotopic (exact) mass is 288 g/mol. The fourth-order valence-electron chi connectivity index (χ4n) is 2.06. The largest absolute Gasteiger partial charge is 0.375 e. The van der Waals surface area contributed by atoms with E-state index in [0.29, 0.717) is 5.13 Å². The van der Waals surface area contributed by atoms with Gasteiger partial charge >= 0.3 is 0 Å². The quantitative estimate of drug-likeness (QED) is 0.803. The van der Waals surface area contributed by atoms with Gasteiger partial charge in [0.1, 0.15) is 0 Å². The average Bonchev–Trinajstić information content (AvgIpc) is 2.73. The molecule has 0 radical (unpaired) electrons. The maximum atomic E-state index is 5.77. The van der Waals surface area contributed by atoms with Crippen molar-refractivity contribution in [2.24, 2.45) is 0 Å². The fraction of sp³-hybridized carbons (Fsp3) is 0.471. The highest BCUT2D eigenvalue weighted by Gasteiger charge is 2.21. The Morgan fingerprint density at radius 2 is 1.40 bits per heavy atom. The Morgan fingerprint density at radius 3 is 1.75 bits per heavy atom. The van der Waals surface area contributed by atoms with Gasteiger partial charge in [-0.2, -0.15) is 0 Å². The summed E-state index contributed by atoms with van der Waals surface area (Å²) in [6, 6.07) is 6.86. The number of aromatic nitrogens is 1. The summed E-state index contributed by atoms with van der Waals surface area (Å²) in [4.78, 5) is 5.31. The van der Waals surface area contributed by atoms with Gasteiger partial charge in [-0.25, -0.2) is 4.98 Å². The number of nitrogens with two attached hydrogens (primary N) is 1. The Kier molecular flexibility index (Phi) is 3.67. The summed E-state index contributed by atoms with van der Waals surface area (Å²) in [5.41, 5.74) is 9.96. The van der Waals surface area contributed by atoms with E-state index in [4.69, 9.17) is 5.73 Å². The molecule has 20 heavy (non-hydrogen) atoms. The molecule has 2 rings (SSSR count). The molecule has 1 aromatic carbocycles. The first-order chi connectivity index (χ1) is 9.07. The third-order valence-electron chi connectivity index (χ3n) is 3.47. The minimum atomic E-state index is 0.131. The van der Waals surface area contributed by atoms with Crippen LogP contribution >= 0.6 is 11.3 Å². The molecular formula is C17H24N2S. The topological polar surface area (TPSA) is 38.9 Å². The molecule has 0 saturated heterocycles. The molecule has 0 aliphatic rings. The molecule has 0 fully saturated rings. The number of hydrogen-bond acceptors (Lipinski definition) is 3. The van der Waals surface area contributed by atoms with Crippen molar-refractivity contribution >= 4 is 16.5 Å². The van der Waals surface area contributed by atoms with E-state index in [-0.39, 0.29) is 10.8 Å². The molecule has 0 atom stereocenters. The van der Waals surface area contributed by atoms with Crippen LogP contribution < -0.4 is 5.73 Å². The average molecular weight is 288 g/mol. The van der Waals surface area contributed by atoms with E-state index in [0.717, 1.165) is 4.88 Å². The zero-order valence-corrected chi connectivity index (χ0v) is 14.1. The van der Waals surface area contributed by atoms with Crippen LogP contribution in [-0.4, -0.2) is 4.98 Å². The van der Waals surface area contributed by atoms with E-state index in [9.17, 15) is 0 Å². The smallest absolute Gasteiger partial charge is 0.180 e. The van der Waals surface area contributed by atoms with Crippen molar-refractivity contribution in [3.8, 4) is 10.4 Å². The zero-order chi connectivity index (χ0) is 15.1. The van der Waals surface area contributed by atoms with Gasteiger partial charge in [-0.1, -0.05) is 58.9 Å². The van der Waals surface area contributed by atoms with Crippen LogP contribution in [-0.2, 0) is 10.8 Å². The molecule has 0 aliphatic carbocycles. The maximum absolute atomic E-state index is 5.77. The first kappa shape index (κ1) is 15.0. The fourth-order valence-corrected chi connectivity index (χ4v) is 2.73. The van der Waals surface area contributed by atoms with Crippen LogP contribution in [0.2, 0.25) is 0 Å². The van der Waals surface area contributed by atoms with Gasteiger partial charge in [0.15, 0.2) is 5.13 Å². The minimum absolute atomic E-state index is 0.131. The number of anilines is 1. The molecule has 1 aromatic heterocycles. The van der Waals surface area contributed by atoms with Crippen LogP contribution in [0, 0.1) is 0 Å². The van der Waals surface area contributed by atoms with Crippen LogP contribution in [0.5, 0.6) is 0 Å². The highest BCUT2D eigenvalue weighted by Crippen LogP contribution is 2.35. The molecule has 0 aliphatic heterocycles. The van der Waals surface area contributed by atoms with Crippen LogP contribution in [0.4, 0.5) is 5.13 Å². The predicted octanol–water partition coefficient (Wildman–Crippen LogP) is 4.99. The Labute approximate surface area is 126 Å². The molecule has 0 bridgehead atoms. The van der Waals surface area contributed by atoms with Crippen molar-refractivity contribution in [1.29, 1.82) is 0 Å². The van der Waals surface area contributed by atoms with Crippen molar-refractivity contribution in [1.82, 2.24) is 4.98 Å². The first-order valence-corrected chi connectivity index (χ1v) is 7.77. The number of hydrogen-bond donors (Lipinski definition) is 1. The van der Waals surface area contributed by atoms with E-state index in [1.54, 1.807) is 11.3 Å². The second kappa shape index (κ2) is 4.88. The van der Waals surface area contributed by atoms with Gasteiger partial charge in [-0.15, -0.1) is 0 Å². The normalized spacial score (nSPS) is 12.7. The lowest BCUT2D eigenvalue weighted by Gasteiger charge is -2.26. The van der Waals surface area contributed by atoms with Gasteiger partial charge in [-0.05, 0) is 39.7 Å². The van der Waals surface area contributed by atoms with Crippen molar-refractivity contribution in [2.45, 2.75) is 52.4 Å². The molecule has 0 unspecified atom stereocenters. The van der Waals surface area contributed by atoms with Gasteiger partial charge in [-0.3, -0.25) is 0 Å². The lowest BCUT2D eigenvalue weighted by molar-refractivity contribution is 0.569. The summed E-state index contributed by atoms with van der Waals surface area (Å²) in [5.74, 6) is 0.